The average molecular weight is 293 g/mol. The second-order valence-corrected chi connectivity index (χ2v) is 4.47. The lowest BCUT2D eigenvalue weighted by molar-refractivity contribution is 0.197. The average Bonchev–Trinajstić information content (AvgIpc) is 2.72. The van der Waals surface area contributed by atoms with E-state index < -0.39 is 0 Å². The molecule has 1 aromatic rings. The second-order valence-electron chi connectivity index (χ2n) is 4.47. The van der Waals surface area contributed by atoms with Crippen LogP contribution in [0.1, 0.15) is 25.3 Å². The quantitative estimate of drug-likeness (QED) is 0.853. The molecule has 1 aliphatic rings. The molecular formula is C13H22Cl2N2O. The first-order valence-corrected chi connectivity index (χ1v) is 6.06. The van der Waals surface area contributed by atoms with Gasteiger partial charge in [0.25, 0.3) is 0 Å². The van der Waals surface area contributed by atoms with Crippen LogP contribution in [0.3, 0.4) is 0 Å². The Balaban J connectivity index is 0.00000144. The molecule has 0 amide bonds. The van der Waals surface area contributed by atoms with Crippen molar-refractivity contribution in [3.63, 3.8) is 0 Å². The molecule has 1 fully saturated rings. The smallest absolute Gasteiger partial charge is 0.137 e. The summed E-state index contributed by atoms with van der Waals surface area (Å²) in [5.41, 5.74) is 1.23. The number of aryl methyl sites for hydroxylation is 1. The fourth-order valence-electron chi connectivity index (χ4n) is 2.12. The van der Waals surface area contributed by atoms with Gasteiger partial charge < -0.3 is 9.64 Å². The highest BCUT2D eigenvalue weighted by Crippen LogP contribution is 2.17. The number of hydrogen-bond donors (Lipinski definition) is 0. The summed E-state index contributed by atoms with van der Waals surface area (Å²) in [7, 11) is 2.17. The van der Waals surface area contributed by atoms with E-state index in [0.717, 1.165) is 18.8 Å². The number of hydrogen-bond acceptors (Lipinski definition) is 3. The molecule has 104 valence electrons. The fourth-order valence-corrected chi connectivity index (χ4v) is 2.12. The van der Waals surface area contributed by atoms with Gasteiger partial charge in [0.1, 0.15) is 12.4 Å². The van der Waals surface area contributed by atoms with Crippen LogP contribution in [0.2, 0.25) is 0 Å². The zero-order chi connectivity index (χ0) is 11.4. The van der Waals surface area contributed by atoms with Crippen molar-refractivity contribution in [2.75, 3.05) is 20.2 Å². The molecule has 0 saturated carbocycles. The van der Waals surface area contributed by atoms with E-state index in [2.05, 4.69) is 29.9 Å². The summed E-state index contributed by atoms with van der Waals surface area (Å²) >= 11 is 0. The van der Waals surface area contributed by atoms with Crippen molar-refractivity contribution in [2.24, 2.45) is 0 Å². The van der Waals surface area contributed by atoms with Crippen LogP contribution >= 0.6 is 24.8 Å². The maximum atomic E-state index is 5.80. The monoisotopic (exact) mass is 292 g/mol. The minimum Gasteiger partial charge on any atom is -0.490 e. The number of ether oxygens (including phenoxy) is 1. The van der Waals surface area contributed by atoms with Crippen LogP contribution in [-0.2, 0) is 6.42 Å². The minimum atomic E-state index is 0. The number of likely N-dealkylation sites (N-methyl/N-ethyl adjacent to an activating group) is 1. The Morgan fingerprint density at radius 1 is 1.39 bits per heavy atom. The highest BCUT2D eigenvalue weighted by Gasteiger charge is 2.21. The Morgan fingerprint density at radius 3 is 2.78 bits per heavy atom. The van der Waals surface area contributed by atoms with Gasteiger partial charge in [0.2, 0.25) is 0 Å². The molecule has 5 heteroatoms. The molecule has 2 heterocycles. The van der Waals surface area contributed by atoms with Crippen LogP contribution < -0.4 is 4.74 Å². The van der Waals surface area contributed by atoms with Gasteiger partial charge in [0.05, 0.1) is 6.20 Å². The molecular weight excluding hydrogens is 271 g/mol. The molecule has 0 N–H and O–H groups in total. The van der Waals surface area contributed by atoms with Gasteiger partial charge >= 0.3 is 0 Å². The van der Waals surface area contributed by atoms with E-state index in [1.807, 2.05) is 6.20 Å². The Kier molecular flexibility index (Phi) is 8.32. The Hall–Kier alpha value is -0.510. The molecule has 1 saturated heterocycles. The van der Waals surface area contributed by atoms with Gasteiger partial charge in [0, 0.05) is 12.2 Å². The predicted octanol–water partition coefficient (Wildman–Crippen LogP) is 2.96. The Bertz CT molecular complexity index is 350. The maximum absolute atomic E-state index is 5.80. The number of halogens is 2. The van der Waals surface area contributed by atoms with Crippen LogP contribution in [0.5, 0.6) is 5.75 Å². The standard InChI is InChI=1S/C13H20N2O.2ClH/c1-3-11-7-13(9-14-8-11)16-10-12-5-4-6-15(12)2;;/h7-9,12H,3-6,10H2,1-2H3;2*1H/t12-;;/m0../s1. The highest BCUT2D eigenvalue weighted by molar-refractivity contribution is 5.85. The van der Waals surface area contributed by atoms with Gasteiger partial charge in [-0.3, -0.25) is 4.98 Å². The number of nitrogens with zero attached hydrogens (tertiary/aromatic N) is 2. The van der Waals surface area contributed by atoms with Crippen LogP contribution in [0, 0.1) is 0 Å². The SMILES string of the molecule is CCc1cncc(OC[C@@H]2CCCN2C)c1.Cl.Cl. The first kappa shape index (κ1) is 17.5. The Labute approximate surface area is 122 Å². The number of pyridine rings is 1. The third kappa shape index (κ3) is 4.63. The summed E-state index contributed by atoms with van der Waals surface area (Å²) in [5, 5.41) is 0. The van der Waals surface area contributed by atoms with Gasteiger partial charge in [0.15, 0.2) is 0 Å². The lowest BCUT2D eigenvalue weighted by Crippen LogP contribution is -2.30. The van der Waals surface area contributed by atoms with E-state index >= 15 is 0 Å². The summed E-state index contributed by atoms with van der Waals surface area (Å²) in [6.45, 7) is 4.11. The van der Waals surface area contributed by atoms with Crippen LogP contribution in [0.4, 0.5) is 0 Å². The molecule has 1 aliphatic heterocycles. The second kappa shape index (κ2) is 8.57. The number of likely N-dealkylation sites (tertiary alicyclic amines) is 1. The van der Waals surface area contributed by atoms with Crippen LogP contribution in [0.25, 0.3) is 0 Å². The van der Waals surface area contributed by atoms with Gasteiger partial charge in [-0.2, -0.15) is 0 Å². The third-order valence-corrected chi connectivity index (χ3v) is 3.29. The molecule has 0 radical (unpaired) electrons. The minimum absolute atomic E-state index is 0. The van der Waals surface area contributed by atoms with Crippen LogP contribution in [-0.4, -0.2) is 36.1 Å². The highest BCUT2D eigenvalue weighted by atomic mass is 35.5. The van der Waals surface area contributed by atoms with Gasteiger partial charge in [-0.25, -0.2) is 0 Å². The van der Waals surface area contributed by atoms with Crippen molar-refractivity contribution in [3.05, 3.63) is 24.0 Å². The van der Waals surface area contributed by atoms with Gasteiger partial charge in [-0.05, 0) is 44.5 Å². The Morgan fingerprint density at radius 2 is 2.17 bits per heavy atom. The first-order chi connectivity index (χ1) is 7.79. The number of aromatic nitrogens is 1. The van der Waals surface area contributed by atoms with Gasteiger partial charge in [-0.15, -0.1) is 24.8 Å². The first-order valence-electron chi connectivity index (χ1n) is 6.06. The summed E-state index contributed by atoms with van der Waals surface area (Å²) in [5.74, 6) is 0.902. The number of rotatable bonds is 4. The topological polar surface area (TPSA) is 25.4 Å². The van der Waals surface area contributed by atoms with Gasteiger partial charge in [-0.1, -0.05) is 6.92 Å². The summed E-state index contributed by atoms with van der Waals surface area (Å²) in [6.07, 6.45) is 7.24. The molecule has 0 spiro atoms. The molecule has 0 aliphatic carbocycles. The van der Waals surface area contributed by atoms with E-state index in [4.69, 9.17) is 4.74 Å². The molecule has 0 unspecified atom stereocenters. The largest absolute Gasteiger partial charge is 0.490 e. The lowest BCUT2D eigenvalue weighted by atomic mass is 10.2. The third-order valence-electron chi connectivity index (χ3n) is 3.29. The van der Waals surface area contributed by atoms with Crippen molar-refractivity contribution >= 4 is 24.8 Å². The molecule has 18 heavy (non-hydrogen) atoms. The van der Waals surface area contributed by atoms with Crippen molar-refractivity contribution in [1.82, 2.24) is 9.88 Å². The molecule has 0 aromatic carbocycles. The van der Waals surface area contributed by atoms with Crippen molar-refractivity contribution < 1.29 is 4.74 Å². The van der Waals surface area contributed by atoms with E-state index in [1.165, 1.54) is 24.9 Å². The molecule has 1 aromatic heterocycles. The predicted molar refractivity (Wildman–Crippen MR) is 79.3 cm³/mol. The zero-order valence-corrected chi connectivity index (χ0v) is 12.6. The van der Waals surface area contributed by atoms with E-state index in [9.17, 15) is 0 Å². The molecule has 2 rings (SSSR count). The van der Waals surface area contributed by atoms with E-state index in [0.29, 0.717) is 6.04 Å². The summed E-state index contributed by atoms with van der Waals surface area (Å²) < 4.78 is 5.80. The fraction of sp³-hybridized carbons (Fsp3) is 0.615. The van der Waals surface area contributed by atoms with E-state index in [1.54, 1.807) is 6.20 Å². The van der Waals surface area contributed by atoms with Crippen molar-refractivity contribution in [2.45, 2.75) is 32.2 Å². The van der Waals surface area contributed by atoms with Crippen LogP contribution in [0.15, 0.2) is 18.5 Å². The molecule has 0 bridgehead atoms. The normalized spacial score (nSPS) is 18.9. The van der Waals surface area contributed by atoms with Crippen molar-refractivity contribution in [3.8, 4) is 5.75 Å². The zero-order valence-electron chi connectivity index (χ0n) is 11.0. The lowest BCUT2D eigenvalue weighted by Gasteiger charge is -2.19. The summed E-state index contributed by atoms with van der Waals surface area (Å²) in [6, 6.07) is 2.66. The summed E-state index contributed by atoms with van der Waals surface area (Å²) in [4.78, 5) is 6.55. The molecule has 3 nitrogen and oxygen atoms in total. The molecule has 1 atom stereocenters. The maximum Gasteiger partial charge on any atom is 0.137 e. The van der Waals surface area contributed by atoms with Crippen molar-refractivity contribution in [1.29, 1.82) is 0 Å². The van der Waals surface area contributed by atoms with E-state index in [-0.39, 0.29) is 24.8 Å².